The van der Waals surface area contributed by atoms with E-state index in [1.54, 1.807) is 6.07 Å². The second-order valence-corrected chi connectivity index (χ2v) is 7.12. The Hall–Kier alpha value is -1.85. The lowest BCUT2D eigenvalue weighted by atomic mass is 10.3. The van der Waals surface area contributed by atoms with Crippen molar-refractivity contribution in [3.63, 3.8) is 0 Å². The van der Waals surface area contributed by atoms with Crippen LogP contribution in [0.3, 0.4) is 0 Å². The van der Waals surface area contributed by atoms with Crippen LogP contribution >= 0.6 is 0 Å². The van der Waals surface area contributed by atoms with E-state index < -0.39 is 10.2 Å². The molecule has 126 valence electrons. The van der Waals surface area contributed by atoms with Crippen LogP contribution in [0.2, 0.25) is 0 Å². The summed E-state index contributed by atoms with van der Waals surface area (Å²) in [6, 6.07) is 3.64. The van der Waals surface area contributed by atoms with Gasteiger partial charge in [-0.2, -0.15) is 17.0 Å². The van der Waals surface area contributed by atoms with Crippen molar-refractivity contribution in [3.05, 3.63) is 12.1 Å². The van der Waals surface area contributed by atoms with Gasteiger partial charge in [-0.1, -0.05) is 13.8 Å². The van der Waals surface area contributed by atoms with Gasteiger partial charge in [-0.15, -0.1) is 14.8 Å². The molecule has 0 aliphatic carbocycles. The highest BCUT2D eigenvalue weighted by Crippen LogP contribution is 2.17. The van der Waals surface area contributed by atoms with Gasteiger partial charge < -0.3 is 4.90 Å². The van der Waals surface area contributed by atoms with E-state index in [4.69, 9.17) is 0 Å². The number of anilines is 1. The Bertz CT molecular complexity index is 764. The molecular weight excluding hydrogens is 320 g/mol. The Labute approximate surface area is 134 Å². The fraction of sp³-hybridized carbons (Fsp3) is 0.667. The number of aromatic nitrogens is 5. The van der Waals surface area contributed by atoms with Crippen LogP contribution in [0.25, 0.3) is 5.65 Å². The molecule has 0 spiro atoms. The van der Waals surface area contributed by atoms with E-state index in [-0.39, 0.29) is 0 Å². The Morgan fingerprint density at radius 3 is 2.48 bits per heavy atom. The topological polar surface area (TPSA) is 99.8 Å². The molecule has 11 heteroatoms. The molecule has 0 bridgehead atoms. The summed E-state index contributed by atoms with van der Waals surface area (Å²) in [5.41, 5.74) is 0.580. The first-order chi connectivity index (χ1) is 11.1. The van der Waals surface area contributed by atoms with Gasteiger partial charge in [0.1, 0.15) is 0 Å². The van der Waals surface area contributed by atoms with Gasteiger partial charge in [-0.25, -0.2) is 0 Å². The SMILES string of the molecule is CCN(CC)S(=O)(=O)N1CCN(c2ccc3nnnn3n2)CC1. The van der Waals surface area contributed by atoms with Gasteiger partial charge in [0.15, 0.2) is 11.5 Å². The fourth-order valence-corrected chi connectivity index (χ4v) is 4.27. The van der Waals surface area contributed by atoms with Gasteiger partial charge in [-0.05, 0) is 22.6 Å². The smallest absolute Gasteiger partial charge is 0.282 e. The van der Waals surface area contributed by atoms with Crippen LogP contribution in [0, 0.1) is 0 Å². The van der Waals surface area contributed by atoms with Crippen molar-refractivity contribution in [2.75, 3.05) is 44.2 Å². The number of rotatable bonds is 5. The molecule has 0 amide bonds. The van der Waals surface area contributed by atoms with E-state index in [0.29, 0.717) is 44.9 Å². The normalized spacial score (nSPS) is 17.3. The summed E-state index contributed by atoms with van der Waals surface area (Å²) in [4.78, 5) is 2.04. The van der Waals surface area contributed by atoms with E-state index in [9.17, 15) is 8.42 Å². The maximum absolute atomic E-state index is 12.5. The Morgan fingerprint density at radius 2 is 1.83 bits per heavy atom. The highest BCUT2D eigenvalue weighted by atomic mass is 32.2. The number of nitrogens with zero attached hydrogens (tertiary/aromatic N) is 8. The third kappa shape index (κ3) is 2.99. The van der Waals surface area contributed by atoms with Crippen molar-refractivity contribution in [1.82, 2.24) is 33.9 Å². The van der Waals surface area contributed by atoms with Crippen molar-refractivity contribution in [3.8, 4) is 0 Å². The van der Waals surface area contributed by atoms with E-state index in [1.807, 2.05) is 24.8 Å². The molecule has 0 N–H and O–H groups in total. The molecule has 0 unspecified atom stereocenters. The average molecular weight is 340 g/mol. The van der Waals surface area contributed by atoms with Crippen LogP contribution in [-0.4, -0.2) is 81.6 Å². The summed E-state index contributed by atoms with van der Waals surface area (Å²) >= 11 is 0. The molecule has 2 aromatic heterocycles. The van der Waals surface area contributed by atoms with Gasteiger partial charge in [0, 0.05) is 39.3 Å². The lowest BCUT2D eigenvalue weighted by molar-refractivity contribution is 0.333. The molecule has 2 aromatic rings. The van der Waals surface area contributed by atoms with E-state index in [2.05, 4.69) is 20.6 Å². The number of piperazine rings is 1. The second kappa shape index (κ2) is 6.34. The molecule has 0 radical (unpaired) electrons. The van der Waals surface area contributed by atoms with Crippen molar-refractivity contribution < 1.29 is 8.42 Å². The van der Waals surface area contributed by atoms with Gasteiger partial charge in [0.05, 0.1) is 0 Å². The lowest BCUT2D eigenvalue weighted by Gasteiger charge is -2.36. The van der Waals surface area contributed by atoms with Crippen molar-refractivity contribution in [2.24, 2.45) is 0 Å². The van der Waals surface area contributed by atoms with Crippen LogP contribution in [0.4, 0.5) is 5.82 Å². The first kappa shape index (κ1) is 16.0. The summed E-state index contributed by atoms with van der Waals surface area (Å²) in [6.45, 7) is 6.71. The third-order valence-electron chi connectivity index (χ3n) is 3.98. The number of hydrogen-bond donors (Lipinski definition) is 0. The Morgan fingerprint density at radius 1 is 1.13 bits per heavy atom. The van der Waals surface area contributed by atoms with Gasteiger partial charge >= 0.3 is 0 Å². The largest absolute Gasteiger partial charge is 0.352 e. The molecule has 1 saturated heterocycles. The molecule has 23 heavy (non-hydrogen) atoms. The predicted octanol–water partition coefficient (Wildman–Crippen LogP) is -0.772. The minimum atomic E-state index is -3.37. The second-order valence-electron chi connectivity index (χ2n) is 5.20. The van der Waals surface area contributed by atoms with Gasteiger partial charge in [0.2, 0.25) is 0 Å². The molecule has 0 atom stereocenters. The van der Waals surface area contributed by atoms with E-state index >= 15 is 0 Å². The standard InChI is InChI=1S/C12H20N8O2S/c1-3-18(4-2)23(21,22)19-9-7-17(8-10-19)12-6-5-11-13-15-16-20(11)14-12/h5-6H,3-4,7-10H2,1-2H3. The summed E-state index contributed by atoms with van der Waals surface area (Å²) < 4.78 is 29.4. The molecule has 0 aromatic carbocycles. The van der Waals surface area contributed by atoms with Crippen LogP contribution in [0.15, 0.2) is 12.1 Å². The zero-order chi connectivity index (χ0) is 16.4. The minimum absolute atomic E-state index is 0.439. The monoisotopic (exact) mass is 340 g/mol. The van der Waals surface area contributed by atoms with Gasteiger partial charge in [-0.3, -0.25) is 0 Å². The van der Waals surface area contributed by atoms with Crippen LogP contribution < -0.4 is 4.90 Å². The number of tetrazole rings is 1. The Balaban J connectivity index is 1.70. The van der Waals surface area contributed by atoms with Crippen LogP contribution in [0.1, 0.15) is 13.8 Å². The molecule has 0 saturated carbocycles. The quantitative estimate of drug-likeness (QED) is 0.704. The molecular formula is C12H20N8O2S. The third-order valence-corrected chi connectivity index (χ3v) is 6.16. The predicted molar refractivity (Wildman–Crippen MR) is 84.2 cm³/mol. The van der Waals surface area contributed by atoms with Crippen molar-refractivity contribution in [2.45, 2.75) is 13.8 Å². The van der Waals surface area contributed by atoms with Crippen molar-refractivity contribution in [1.29, 1.82) is 0 Å². The van der Waals surface area contributed by atoms with E-state index in [1.165, 1.54) is 13.2 Å². The summed E-state index contributed by atoms with van der Waals surface area (Å²) in [5, 5.41) is 15.5. The molecule has 3 rings (SSSR count). The zero-order valence-corrected chi connectivity index (χ0v) is 14.0. The first-order valence-corrected chi connectivity index (χ1v) is 9.01. The summed E-state index contributed by atoms with van der Waals surface area (Å²) in [7, 11) is -3.37. The number of hydrogen-bond acceptors (Lipinski definition) is 7. The zero-order valence-electron chi connectivity index (χ0n) is 13.2. The van der Waals surface area contributed by atoms with E-state index in [0.717, 1.165) is 5.82 Å². The maximum Gasteiger partial charge on any atom is 0.282 e. The number of fused-ring (bicyclic) bond motifs is 1. The minimum Gasteiger partial charge on any atom is -0.352 e. The molecule has 10 nitrogen and oxygen atoms in total. The lowest BCUT2D eigenvalue weighted by Crippen LogP contribution is -2.53. The highest BCUT2D eigenvalue weighted by molar-refractivity contribution is 7.86. The average Bonchev–Trinajstić information content (AvgIpc) is 3.03. The maximum atomic E-state index is 12.5. The summed E-state index contributed by atoms with van der Waals surface area (Å²) in [5.74, 6) is 0.740. The van der Waals surface area contributed by atoms with Crippen molar-refractivity contribution >= 4 is 21.7 Å². The molecule has 1 aliphatic heterocycles. The molecule has 1 aliphatic rings. The fourth-order valence-electron chi connectivity index (χ4n) is 2.67. The highest BCUT2D eigenvalue weighted by Gasteiger charge is 2.31. The first-order valence-electron chi connectivity index (χ1n) is 7.62. The van der Waals surface area contributed by atoms with Crippen LogP contribution in [0.5, 0.6) is 0 Å². The molecule has 1 fully saturated rings. The molecule has 3 heterocycles. The van der Waals surface area contributed by atoms with Gasteiger partial charge in [0.25, 0.3) is 10.2 Å². The Kier molecular flexibility index (Phi) is 4.41. The van der Waals surface area contributed by atoms with Crippen LogP contribution in [-0.2, 0) is 10.2 Å². The summed E-state index contributed by atoms with van der Waals surface area (Å²) in [6.07, 6.45) is 0.